The van der Waals surface area contributed by atoms with Crippen molar-refractivity contribution in [2.75, 3.05) is 0 Å². The van der Waals surface area contributed by atoms with Gasteiger partial charge in [0.25, 0.3) is 0 Å². The Morgan fingerprint density at radius 2 is 1.89 bits per heavy atom. The third kappa shape index (κ3) is 2.78. The first-order valence-electron chi connectivity index (χ1n) is 6.22. The van der Waals surface area contributed by atoms with Crippen molar-refractivity contribution in [2.45, 2.75) is 38.6 Å². The van der Waals surface area contributed by atoms with Crippen LogP contribution in [0, 0.1) is 15.5 Å². The Bertz CT molecular complexity index is 510. The maximum Gasteiger partial charge on any atom is 0.225 e. The molecule has 1 aliphatic carbocycles. The van der Waals surface area contributed by atoms with Crippen LogP contribution in [0.5, 0.6) is 0 Å². The highest BCUT2D eigenvalue weighted by Crippen LogP contribution is 2.43. The molecule has 0 radical (unpaired) electrons. The van der Waals surface area contributed by atoms with Crippen molar-refractivity contribution in [3.05, 3.63) is 45.0 Å². The number of hydrogen-bond donors (Lipinski definition) is 0. The lowest BCUT2D eigenvalue weighted by atomic mass is 9.66. The summed E-state index contributed by atoms with van der Waals surface area (Å²) in [6, 6.07) is 6.22. The number of ketones is 1. The van der Waals surface area contributed by atoms with Crippen LogP contribution in [0.15, 0.2) is 24.3 Å². The first-order chi connectivity index (χ1) is 8.81. The molecule has 1 fully saturated rings. The van der Waals surface area contributed by atoms with Crippen LogP contribution in [-0.4, -0.2) is 16.7 Å². The van der Waals surface area contributed by atoms with Gasteiger partial charge < -0.3 is 0 Å². The smallest absolute Gasteiger partial charge is 0.225 e. The first kappa shape index (κ1) is 14.0. The van der Waals surface area contributed by atoms with Gasteiger partial charge in [0.05, 0.1) is 5.92 Å². The summed E-state index contributed by atoms with van der Waals surface area (Å²) in [7, 11) is 0. The van der Waals surface area contributed by atoms with Gasteiger partial charge in [-0.1, -0.05) is 37.6 Å². The van der Waals surface area contributed by atoms with Crippen molar-refractivity contribution in [3.63, 3.8) is 0 Å². The second kappa shape index (κ2) is 4.93. The monoisotopic (exact) mass is 281 g/mol. The van der Waals surface area contributed by atoms with Crippen LogP contribution in [0.1, 0.15) is 38.2 Å². The Hall–Kier alpha value is -1.42. The van der Waals surface area contributed by atoms with E-state index in [-0.39, 0.29) is 29.5 Å². The Morgan fingerprint density at radius 1 is 1.32 bits per heavy atom. The fraction of sp³-hybridized carbons (Fsp3) is 0.500. The lowest BCUT2D eigenvalue weighted by Crippen LogP contribution is -2.47. The fourth-order valence-electron chi connectivity index (χ4n) is 3.03. The third-order valence-corrected chi connectivity index (χ3v) is 4.06. The number of Topliss-reactive ketones (excluding diaryl/α,β-unsaturated/α-hetero) is 1. The zero-order valence-electron chi connectivity index (χ0n) is 10.9. The van der Waals surface area contributed by atoms with Gasteiger partial charge in [0.2, 0.25) is 6.04 Å². The predicted octanol–water partition coefficient (Wildman–Crippen LogP) is 3.46. The minimum atomic E-state index is -0.744. The first-order valence-corrected chi connectivity index (χ1v) is 6.60. The molecule has 0 heterocycles. The molecule has 19 heavy (non-hydrogen) atoms. The van der Waals surface area contributed by atoms with E-state index in [1.165, 1.54) is 0 Å². The van der Waals surface area contributed by atoms with Gasteiger partial charge in [-0.3, -0.25) is 14.9 Å². The molecular weight excluding hydrogens is 266 g/mol. The maximum absolute atomic E-state index is 11.8. The Morgan fingerprint density at radius 3 is 2.42 bits per heavy atom. The second-order valence-corrected chi connectivity index (χ2v) is 6.23. The lowest BCUT2D eigenvalue weighted by Gasteiger charge is -2.37. The van der Waals surface area contributed by atoms with E-state index in [9.17, 15) is 14.9 Å². The van der Waals surface area contributed by atoms with Crippen LogP contribution in [0.25, 0.3) is 0 Å². The molecular formula is C14H16ClNO3. The van der Waals surface area contributed by atoms with E-state index >= 15 is 0 Å². The topological polar surface area (TPSA) is 60.2 Å². The fourth-order valence-corrected chi connectivity index (χ4v) is 3.15. The number of nitrogens with zero attached hydrogens (tertiary/aromatic N) is 1. The van der Waals surface area contributed by atoms with E-state index in [0.29, 0.717) is 5.02 Å². The van der Waals surface area contributed by atoms with E-state index < -0.39 is 11.5 Å². The number of nitro groups is 1. The summed E-state index contributed by atoms with van der Waals surface area (Å²) < 4.78 is 0. The minimum Gasteiger partial charge on any atom is -0.300 e. The number of rotatable bonds is 2. The Kier molecular flexibility index (Phi) is 3.63. The van der Waals surface area contributed by atoms with Gasteiger partial charge in [0, 0.05) is 28.2 Å². The van der Waals surface area contributed by atoms with E-state index in [4.69, 9.17) is 11.6 Å². The molecule has 0 N–H and O–H groups in total. The van der Waals surface area contributed by atoms with Crippen LogP contribution >= 0.6 is 11.6 Å². The van der Waals surface area contributed by atoms with Crippen molar-refractivity contribution in [2.24, 2.45) is 5.41 Å². The van der Waals surface area contributed by atoms with Gasteiger partial charge in [0.1, 0.15) is 5.78 Å². The number of carbonyl (C=O) groups is 1. The highest BCUT2D eigenvalue weighted by atomic mass is 35.5. The quantitative estimate of drug-likeness (QED) is 0.616. The van der Waals surface area contributed by atoms with Crippen LogP contribution in [-0.2, 0) is 4.79 Å². The number of benzene rings is 1. The highest BCUT2D eigenvalue weighted by Gasteiger charge is 2.50. The summed E-state index contributed by atoms with van der Waals surface area (Å²) in [6.45, 7) is 3.58. The molecule has 1 aliphatic rings. The summed E-state index contributed by atoms with van der Waals surface area (Å²) in [5.41, 5.74) is 0.190. The number of halogens is 1. The van der Waals surface area contributed by atoms with E-state index in [0.717, 1.165) is 5.56 Å². The molecule has 0 aliphatic heterocycles. The van der Waals surface area contributed by atoms with Crippen molar-refractivity contribution < 1.29 is 9.72 Å². The third-order valence-electron chi connectivity index (χ3n) is 3.81. The average Bonchev–Trinajstić information content (AvgIpc) is 2.26. The molecule has 0 amide bonds. The predicted molar refractivity (Wildman–Crippen MR) is 73.0 cm³/mol. The molecule has 0 spiro atoms. The number of hydrogen-bond acceptors (Lipinski definition) is 3. The number of carbonyl (C=O) groups excluding carboxylic acids is 1. The standard InChI is InChI=1S/C14H16ClNO3/c1-14(2)8-11(17)7-12(13(14)16(18)19)9-3-5-10(15)6-4-9/h3-6,12-13H,7-8H2,1-2H3/t12-,13+/m0/s1. The maximum atomic E-state index is 11.8. The normalized spacial score (nSPS) is 26.2. The zero-order chi connectivity index (χ0) is 14.2. The Balaban J connectivity index is 2.42. The molecule has 0 aromatic heterocycles. The minimum absolute atomic E-state index is 0.0862. The SMILES string of the molecule is CC1(C)CC(=O)C[C@@H](c2ccc(Cl)cc2)[C@H]1[N+](=O)[O-]. The van der Waals surface area contributed by atoms with Crippen LogP contribution in [0.4, 0.5) is 0 Å². The van der Waals surface area contributed by atoms with E-state index in [2.05, 4.69) is 0 Å². The molecule has 0 unspecified atom stereocenters. The molecule has 1 saturated carbocycles. The van der Waals surface area contributed by atoms with Gasteiger partial charge in [-0.2, -0.15) is 0 Å². The summed E-state index contributed by atoms with van der Waals surface area (Å²) in [4.78, 5) is 23.0. The second-order valence-electron chi connectivity index (χ2n) is 5.80. The van der Waals surface area contributed by atoms with Crippen LogP contribution in [0.3, 0.4) is 0 Å². The van der Waals surface area contributed by atoms with Crippen molar-refractivity contribution in [1.82, 2.24) is 0 Å². The summed E-state index contributed by atoms with van der Waals surface area (Å²) in [5, 5.41) is 12.0. The molecule has 102 valence electrons. The Labute approximate surface area is 116 Å². The van der Waals surface area contributed by atoms with Crippen LogP contribution in [0.2, 0.25) is 5.02 Å². The summed E-state index contributed by atoms with van der Waals surface area (Å²) >= 11 is 5.83. The largest absolute Gasteiger partial charge is 0.300 e. The van der Waals surface area contributed by atoms with Gasteiger partial charge in [-0.05, 0) is 17.7 Å². The average molecular weight is 282 g/mol. The molecule has 0 saturated heterocycles. The van der Waals surface area contributed by atoms with E-state index in [1.54, 1.807) is 38.1 Å². The molecule has 2 rings (SSSR count). The van der Waals surface area contributed by atoms with Crippen LogP contribution < -0.4 is 0 Å². The summed E-state index contributed by atoms with van der Waals surface area (Å²) in [6.07, 6.45) is 0.499. The zero-order valence-corrected chi connectivity index (χ0v) is 11.7. The van der Waals surface area contributed by atoms with E-state index in [1.807, 2.05) is 0 Å². The molecule has 2 atom stereocenters. The lowest BCUT2D eigenvalue weighted by molar-refractivity contribution is -0.546. The molecule has 1 aromatic rings. The van der Waals surface area contributed by atoms with Crippen molar-refractivity contribution >= 4 is 17.4 Å². The molecule has 5 heteroatoms. The molecule has 1 aromatic carbocycles. The van der Waals surface area contributed by atoms with Crippen molar-refractivity contribution in [3.8, 4) is 0 Å². The van der Waals surface area contributed by atoms with Gasteiger partial charge in [0.15, 0.2) is 0 Å². The summed E-state index contributed by atoms with van der Waals surface area (Å²) in [5.74, 6) is -0.286. The van der Waals surface area contributed by atoms with Gasteiger partial charge in [-0.25, -0.2) is 0 Å². The van der Waals surface area contributed by atoms with Gasteiger partial charge in [-0.15, -0.1) is 0 Å². The van der Waals surface area contributed by atoms with Gasteiger partial charge >= 0.3 is 0 Å². The molecule has 4 nitrogen and oxygen atoms in total. The highest BCUT2D eigenvalue weighted by molar-refractivity contribution is 6.30. The van der Waals surface area contributed by atoms with Crippen molar-refractivity contribution in [1.29, 1.82) is 0 Å². The molecule has 0 bridgehead atoms.